The van der Waals surface area contributed by atoms with E-state index in [1.807, 2.05) is 48.5 Å². The SMILES string of the molecule is CCCCCNC(=O)C(c1ccccc1)N(Cc1ccc(F)cc1)C(=O)COc1ccccc1. The van der Waals surface area contributed by atoms with Crippen LogP contribution in [0.15, 0.2) is 84.9 Å². The number of carbonyl (C=O) groups excluding carboxylic acids is 2. The summed E-state index contributed by atoms with van der Waals surface area (Å²) in [5, 5.41) is 2.99. The molecule has 0 saturated carbocycles. The molecule has 1 atom stereocenters. The molecule has 0 aromatic heterocycles. The van der Waals surface area contributed by atoms with Crippen molar-refractivity contribution in [2.24, 2.45) is 0 Å². The van der Waals surface area contributed by atoms with Crippen molar-refractivity contribution in [3.63, 3.8) is 0 Å². The number of nitrogens with zero attached hydrogens (tertiary/aromatic N) is 1. The van der Waals surface area contributed by atoms with Crippen LogP contribution in [-0.4, -0.2) is 29.9 Å². The molecule has 1 unspecified atom stereocenters. The number of hydrogen-bond acceptors (Lipinski definition) is 3. The van der Waals surface area contributed by atoms with Crippen molar-refractivity contribution < 1.29 is 18.7 Å². The smallest absolute Gasteiger partial charge is 0.261 e. The molecule has 34 heavy (non-hydrogen) atoms. The molecule has 2 amide bonds. The highest BCUT2D eigenvalue weighted by Crippen LogP contribution is 2.24. The summed E-state index contributed by atoms with van der Waals surface area (Å²) in [6.07, 6.45) is 2.93. The van der Waals surface area contributed by atoms with Gasteiger partial charge in [0.1, 0.15) is 17.6 Å². The van der Waals surface area contributed by atoms with Gasteiger partial charge in [-0.25, -0.2) is 4.39 Å². The van der Waals surface area contributed by atoms with E-state index in [-0.39, 0.29) is 30.8 Å². The third-order valence-corrected chi connectivity index (χ3v) is 5.45. The second-order valence-electron chi connectivity index (χ2n) is 8.06. The Morgan fingerprint density at radius 1 is 0.912 bits per heavy atom. The Bertz CT molecular complexity index is 1030. The summed E-state index contributed by atoms with van der Waals surface area (Å²) in [6.45, 7) is 2.55. The normalized spacial score (nSPS) is 11.5. The minimum Gasteiger partial charge on any atom is -0.484 e. The van der Waals surface area contributed by atoms with E-state index < -0.39 is 6.04 Å². The average molecular weight is 463 g/mol. The highest BCUT2D eigenvalue weighted by molar-refractivity contribution is 5.89. The monoisotopic (exact) mass is 462 g/mol. The Morgan fingerprint density at radius 2 is 1.56 bits per heavy atom. The van der Waals surface area contributed by atoms with Gasteiger partial charge in [-0.2, -0.15) is 0 Å². The van der Waals surface area contributed by atoms with Gasteiger partial charge >= 0.3 is 0 Å². The topological polar surface area (TPSA) is 58.6 Å². The van der Waals surface area contributed by atoms with Gasteiger partial charge in [0, 0.05) is 13.1 Å². The molecule has 1 N–H and O–H groups in total. The molecule has 0 fully saturated rings. The van der Waals surface area contributed by atoms with Gasteiger partial charge in [0.25, 0.3) is 5.91 Å². The first-order valence-electron chi connectivity index (χ1n) is 11.6. The molecule has 3 aromatic rings. The molecule has 0 spiro atoms. The number of halogens is 1. The van der Waals surface area contributed by atoms with Crippen LogP contribution in [0.1, 0.15) is 43.4 Å². The van der Waals surface area contributed by atoms with Gasteiger partial charge < -0.3 is 15.0 Å². The second-order valence-corrected chi connectivity index (χ2v) is 8.06. The number of unbranched alkanes of at least 4 members (excludes halogenated alkanes) is 2. The van der Waals surface area contributed by atoms with E-state index in [4.69, 9.17) is 4.74 Å². The molecular formula is C28H31FN2O3. The lowest BCUT2D eigenvalue weighted by molar-refractivity contribution is -0.143. The van der Waals surface area contributed by atoms with Crippen molar-refractivity contribution in [1.82, 2.24) is 10.2 Å². The number of amides is 2. The number of hydrogen-bond donors (Lipinski definition) is 1. The number of rotatable bonds is 12. The molecule has 0 heterocycles. The fraction of sp³-hybridized carbons (Fsp3) is 0.286. The maximum Gasteiger partial charge on any atom is 0.261 e. The van der Waals surface area contributed by atoms with Crippen LogP contribution in [0.4, 0.5) is 4.39 Å². The predicted octanol–water partition coefficient (Wildman–Crippen LogP) is 5.28. The quantitative estimate of drug-likeness (QED) is 0.373. The molecule has 0 aliphatic carbocycles. The van der Waals surface area contributed by atoms with Gasteiger partial charge in [-0.05, 0) is 41.8 Å². The van der Waals surface area contributed by atoms with E-state index in [1.54, 1.807) is 24.3 Å². The predicted molar refractivity (Wildman–Crippen MR) is 131 cm³/mol. The van der Waals surface area contributed by atoms with Crippen LogP contribution in [0.25, 0.3) is 0 Å². The van der Waals surface area contributed by atoms with E-state index >= 15 is 0 Å². The molecule has 0 bridgehead atoms. The van der Waals surface area contributed by atoms with Crippen LogP contribution in [0, 0.1) is 5.82 Å². The van der Waals surface area contributed by atoms with Crippen LogP contribution in [-0.2, 0) is 16.1 Å². The standard InChI is InChI=1S/C28H31FN2O3/c1-2-3-10-19-30-28(33)27(23-11-6-4-7-12-23)31(20-22-15-17-24(29)18-16-22)26(32)21-34-25-13-8-5-9-14-25/h4-9,11-18,27H,2-3,10,19-21H2,1H3,(H,30,33). The van der Waals surface area contributed by atoms with Gasteiger partial charge in [0.15, 0.2) is 6.61 Å². The summed E-state index contributed by atoms with van der Waals surface area (Å²) >= 11 is 0. The molecule has 6 heteroatoms. The number of benzene rings is 3. The molecule has 0 aliphatic heterocycles. The zero-order valence-electron chi connectivity index (χ0n) is 19.5. The average Bonchev–Trinajstić information content (AvgIpc) is 2.87. The highest BCUT2D eigenvalue weighted by atomic mass is 19.1. The largest absolute Gasteiger partial charge is 0.484 e. The van der Waals surface area contributed by atoms with E-state index in [2.05, 4.69) is 12.2 Å². The Labute approximate surface area is 200 Å². The Hall–Kier alpha value is -3.67. The fourth-order valence-corrected chi connectivity index (χ4v) is 3.65. The van der Waals surface area contributed by atoms with Crippen LogP contribution < -0.4 is 10.1 Å². The van der Waals surface area contributed by atoms with Gasteiger partial charge in [0.2, 0.25) is 5.91 Å². The molecular weight excluding hydrogens is 431 g/mol. The van der Waals surface area contributed by atoms with E-state index in [1.165, 1.54) is 17.0 Å². The Morgan fingerprint density at radius 3 is 2.21 bits per heavy atom. The van der Waals surface area contributed by atoms with Crippen LogP contribution in [0.2, 0.25) is 0 Å². The first-order chi connectivity index (χ1) is 16.6. The molecule has 3 aromatic carbocycles. The number of ether oxygens (including phenoxy) is 1. The zero-order valence-corrected chi connectivity index (χ0v) is 19.5. The van der Waals surface area contributed by atoms with Crippen molar-refractivity contribution in [3.05, 3.63) is 102 Å². The summed E-state index contributed by atoms with van der Waals surface area (Å²) in [6, 6.07) is 23.4. The van der Waals surface area contributed by atoms with E-state index in [0.717, 1.165) is 19.3 Å². The summed E-state index contributed by atoms with van der Waals surface area (Å²) in [5.74, 6) is -0.386. The van der Waals surface area contributed by atoms with E-state index in [9.17, 15) is 14.0 Å². The van der Waals surface area contributed by atoms with Crippen molar-refractivity contribution in [1.29, 1.82) is 0 Å². The van der Waals surface area contributed by atoms with Crippen LogP contribution in [0.5, 0.6) is 5.75 Å². The minimum atomic E-state index is -0.847. The van der Waals surface area contributed by atoms with Crippen molar-refractivity contribution in [2.75, 3.05) is 13.2 Å². The van der Waals surface area contributed by atoms with Crippen molar-refractivity contribution in [3.8, 4) is 5.75 Å². The van der Waals surface area contributed by atoms with Crippen LogP contribution in [0.3, 0.4) is 0 Å². The lowest BCUT2D eigenvalue weighted by atomic mass is 10.0. The lowest BCUT2D eigenvalue weighted by Gasteiger charge is -2.31. The maximum absolute atomic E-state index is 13.5. The minimum absolute atomic E-state index is 0.138. The van der Waals surface area contributed by atoms with Gasteiger partial charge in [-0.1, -0.05) is 80.4 Å². The molecule has 0 saturated heterocycles. The van der Waals surface area contributed by atoms with Crippen molar-refractivity contribution >= 4 is 11.8 Å². The van der Waals surface area contributed by atoms with Gasteiger partial charge in [-0.3, -0.25) is 9.59 Å². The van der Waals surface area contributed by atoms with Crippen molar-refractivity contribution in [2.45, 2.75) is 38.8 Å². The van der Waals surface area contributed by atoms with E-state index in [0.29, 0.717) is 23.4 Å². The third-order valence-electron chi connectivity index (χ3n) is 5.45. The molecule has 0 radical (unpaired) electrons. The number of para-hydroxylation sites is 1. The van der Waals surface area contributed by atoms with Gasteiger partial charge in [0.05, 0.1) is 0 Å². The van der Waals surface area contributed by atoms with Crippen LogP contribution >= 0.6 is 0 Å². The second kappa shape index (κ2) is 13.1. The molecule has 178 valence electrons. The molecule has 3 rings (SSSR count). The number of carbonyl (C=O) groups is 2. The summed E-state index contributed by atoms with van der Waals surface area (Å²) in [7, 11) is 0. The first kappa shape index (κ1) is 25.0. The molecule has 5 nitrogen and oxygen atoms in total. The summed E-state index contributed by atoms with van der Waals surface area (Å²) in [5.41, 5.74) is 1.42. The summed E-state index contributed by atoms with van der Waals surface area (Å²) in [4.78, 5) is 28.3. The zero-order chi connectivity index (χ0) is 24.2. The number of nitrogens with one attached hydrogen (secondary N) is 1. The highest BCUT2D eigenvalue weighted by Gasteiger charge is 2.31. The third kappa shape index (κ3) is 7.44. The first-order valence-corrected chi connectivity index (χ1v) is 11.6. The lowest BCUT2D eigenvalue weighted by Crippen LogP contribution is -2.45. The summed E-state index contributed by atoms with van der Waals surface area (Å²) < 4.78 is 19.2. The fourth-order valence-electron chi connectivity index (χ4n) is 3.65. The Kier molecular flexibility index (Phi) is 9.65. The van der Waals surface area contributed by atoms with Gasteiger partial charge in [-0.15, -0.1) is 0 Å². The molecule has 0 aliphatic rings. The maximum atomic E-state index is 13.5. The Balaban J connectivity index is 1.88.